The van der Waals surface area contributed by atoms with E-state index in [4.69, 9.17) is 4.74 Å². The topological polar surface area (TPSA) is 38.3 Å². The van der Waals surface area contributed by atoms with Crippen LogP contribution in [0.25, 0.3) is 0 Å². The van der Waals surface area contributed by atoms with Gasteiger partial charge in [-0.25, -0.2) is 0 Å². The van der Waals surface area contributed by atoms with Crippen LogP contribution >= 0.6 is 0 Å². The molecule has 0 saturated heterocycles. The molecule has 0 atom stereocenters. The fourth-order valence-corrected chi connectivity index (χ4v) is 1.84. The molecule has 3 nitrogen and oxygen atoms in total. The quantitative estimate of drug-likeness (QED) is 0.753. The molecule has 0 aliphatic rings. The minimum atomic E-state index is -0.00911. The Kier molecular flexibility index (Phi) is 6.26. The predicted molar refractivity (Wildman–Crippen MR) is 74.2 cm³/mol. The maximum Gasteiger partial charge on any atom is 0.251 e. The van der Waals surface area contributed by atoms with Gasteiger partial charge in [-0.2, -0.15) is 0 Å². The van der Waals surface area contributed by atoms with Crippen LogP contribution in [0.4, 0.5) is 0 Å². The van der Waals surface area contributed by atoms with E-state index in [9.17, 15) is 4.79 Å². The number of ether oxygens (including phenoxy) is 1. The van der Waals surface area contributed by atoms with E-state index < -0.39 is 0 Å². The number of rotatable bonds is 7. The van der Waals surface area contributed by atoms with Crippen LogP contribution < -0.4 is 10.1 Å². The molecule has 1 aromatic carbocycles. The van der Waals surface area contributed by atoms with Gasteiger partial charge in [0.25, 0.3) is 5.91 Å². The highest BCUT2D eigenvalue weighted by atomic mass is 16.5. The molecule has 0 radical (unpaired) electrons. The third-order valence-electron chi connectivity index (χ3n) is 2.89. The standard InChI is InChI=1S/C15H23NO2/c1-4-6-7-11-16-15(17)13-9-8-10-14(12(13)3)18-5-2/h8-10H,4-7,11H2,1-3H3,(H,16,17). The molecule has 1 aromatic rings. The molecule has 0 saturated carbocycles. The van der Waals surface area contributed by atoms with Gasteiger partial charge in [0.2, 0.25) is 0 Å². The monoisotopic (exact) mass is 249 g/mol. The Balaban J connectivity index is 2.64. The van der Waals surface area contributed by atoms with Crippen molar-refractivity contribution in [1.82, 2.24) is 5.32 Å². The smallest absolute Gasteiger partial charge is 0.251 e. The first-order chi connectivity index (χ1) is 8.70. The maximum absolute atomic E-state index is 12.0. The second kappa shape index (κ2) is 7.75. The van der Waals surface area contributed by atoms with Gasteiger partial charge in [0.1, 0.15) is 5.75 Å². The van der Waals surface area contributed by atoms with Crippen molar-refractivity contribution in [2.24, 2.45) is 0 Å². The maximum atomic E-state index is 12.0. The van der Waals surface area contributed by atoms with Crippen molar-refractivity contribution in [2.45, 2.75) is 40.0 Å². The molecule has 0 aliphatic heterocycles. The lowest BCUT2D eigenvalue weighted by atomic mass is 10.1. The lowest BCUT2D eigenvalue weighted by molar-refractivity contribution is 0.0952. The van der Waals surface area contributed by atoms with E-state index in [0.717, 1.165) is 37.1 Å². The summed E-state index contributed by atoms with van der Waals surface area (Å²) in [6.07, 6.45) is 3.35. The van der Waals surface area contributed by atoms with Gasteiger partial charge in [-0.3, -0.25) is 4.79 Å². The second-order valence-electron chi connectivity index (χ2n) is 4.32. The molecule has 0 unspecified atom stereocenters. The first-order valence-corrected chi connectivity index (χ1v) is 6.71. The summed E-state index contributed by atoms with van der Waals surface area (Å²) in [6.45, 7) is 7.37. The van der Waals surface area contributed by atoms with E-state index in [2.05, 4.69) is 12.2 Å². The molecular formula is C15H23NO2. The van der Waals surface area contributed by atoms with Gasteiger partial charge in [0.05, 0.1) is 6.61 Å². The third-order valence-corrected chi connectivity index (χ3v) is 2.89. The Morgan fingerprint density at radius 3 is 2.72 bits per heavy atom. The summed E-state index contributed by atoms with van der Waals surface area (Å²) in [6, 6.07) is 5.60. The normalized spacial score (nSPS) is 10.2. The number of carbonyl (C=O) groups excluding carboxylic acids is 1. The van der Waals surface area contributed by atoms with Crippen molar-refractivity contribution >= 4 is 5.91 Å². The summed E-state index contributed by atoms with van der Waals surface area (Å²) in [7, 11) is 0. The van der Waals surface area contributed by atoms with Gasteiger partial charge in [0, 0.05) is 17.7 Å². The van der Waals surface area contributed by atoms with Crippen molar-refractivity contribution in [3.8, 4) is 5.75 Å². The van der Waals surface area contributed by atoms with Gasteiger partial charge in [-0.1, -0.05) is 25.8 Å². The van der Waals surface area contributed by atoms with Crippen LogP contribution in [0.3, 0.4) is 0 Å². The van der Waals surface area contributed by atoms with Gasteiger partial charge in [-0.15, -0.1) is 0 Å². The van der Waals surface area contributed by atoms with Crippen molar-refractivity contribution in [1.29, 1.82) is 0 Å². The lowest BCUT2D eigenvalue weighted by Gasteiger charge is -2.11. The van der Waals surface area contributed by atoms with Crippen LogP contribution in [-0.2, 0) is 0 Å². The molecule has 1 rings (SSSR count). The van der Waals surface area contributed by atoms with E-state index in [1.165, 1.54) is 0 Å². The number of benzene rings is 1. The van der Waals surface area contributed by atoms with Crippen molar-refractivity contribution < 1.29 is 9.53 Å². The molecule has 0 fully saturated rings. The third kappa shape index (κ3) is 4.06. The number of unbranched alkanes of at least 4 members (excludes halogenated alkanes) is 2. The van der Waals surface area contributed by atoms with Crippen LogP contribution in [-0.4, -0.2) is 19.1 Å². The molecule has 100 valence electrons. The minimum Gasteiger partial charge on any atom is -0.494 e. The zero-order valence-corrected chi connectivity index (χ0v) is 11.6. The SMILES string of the molecule is CCCCCNC(=O)c1cccc(OCC)c1C. The summed E-state index contributed by atoms with van der Waals surface area (Å²) in [5, 5.41) is 2.95. The molecule has 0 aliphatic carbocycles. The van der Waals surface area contributed by atoms with Gasteiger partial charge in [-0.05, 0) is 32.4 Å². The Labute approximate surface area is 110 Å². The first kappa shape index (κ1) is 14.6. The number of hydrogen-bond donors (Lipinski definition) is 1. The van der Waals surface area contributed by atoms with Crippen molar-refractivity contribution in [3.05, 3.63) is 29.3 Å². The highest BCUT2D eigenvalue weighted by Crippen LogP contribution is 2.21. The Hall–Kier alpha value is -1.51. The first-order valence-electron chi connectivity index (χ1n) is 6.71. The van der Waals surface area contributed by atoms with E-state index in [-0.39, 0.29) is 5.91 Å². The summed E-state index contributed by atoms with van der Waals surface area (Å²) in [5.41, 5.74) is 1.62. The van der Waals surface area contributed by atoms with Crippen LogP contribution in [0.15, 0.2) is 18.2 Å². The minimum absolute atomic E-state index is 0.00911. The number of carbonyl (C=O) groups is 1. The average molecular weight is 249 g/mol. The molecule has 0 bridgehead atoms. The highest BCUT2D eigenvalue weighted by Gasteiger charge is 2.11. The summed E-state index contributed by atoms with van der Waals surface area (Å²) in [5.74, 6) is 0.781. The molecule has 0 aromatic heterocycles. The zero-order chi connectivity index (χ0) is 13.4. The predicted octanol–water partition coefficient (Wildman–Crippen LogP) is 3.31. The fourth-order valence-electron chi connectivity index (χ4n) is 1.84. The Morgan fingerprint density at radius 2 is 2.06 bits per heavy atom. The highest BCUT2D eigenvalue weighted by molar-refractivity contribution is 5.96. The van der Waals surface area contributed by atoms with Crippen LogP contribution in [0.5, 0.6) is 5.75 Å². The lowest BCUT2D eigenvalue weighted by Crippen LogP contribution is -2.25. The molecule has 1 N–H and O–H groups in total. The summed E-state index contributed by atoms with van der Waals surface area (Å²) < 4.78 is 5.49. The molecule has 1 amide bonds. The Bertz CT molecular complexity index is 388. The largest absolute Gasteiger partial charge is 0.494 e. The van der Waals surface area contributed by atoms with Crippen LogP contribution in [0.1, 0.15) is 49.0 Å². The van der Waals surface area contributed by atoms with E-state index in [0.29, 0.717) is 12.2 Å². The molecular weight excluding hydrogens is 226 g/mol. The fraction of sp³-hybridized carbons (Fsp3) is 0.533. The average Bonchev–Trinajstić information content (AvgIpc) is 2.37. The van der Waals surface area contributed by atoms with E-state index in [1.54, 1.807) is 0 Å². The summed E-state index contributed by atoms with van der Waals surface area (Å²) in [4.78, 5) is 12.0. The van der Waals surface area contributed by atoms with Gasteiger partial charge >= 0.3 is 0 Å². The number of nitrogens with one attached hydrogen (secondary N) is 1. The van der Waals surface area contributed by atoms with Crippen LogP contribution in [0.2, 0.25) is 0 Å². The van der Waals surface area contributed by atoms with Gasteiger partial charge < -0.3 is 10.1 Å². The number of hydrogen-bond acceptors (Lipinski definition) is 2. The van der Waals surface area contributed by atoms with E-state index in [1.807, 2.05) is 32.0 Å². The van der Waals surface area contributed by atoms with Crippen molar-refractivity contribution in [2.75, 3.05) is 13.2 Å². The molecule has 0 spiro atoms. The second-order valence-corrected chi connectivity index (χ2v) is 4.32. The summed E-state index contributed by atoms with van der Waals surface area (Å²) >= 11 is 0. The zero-order valence-electron chi connectivity index (χ0n) is 11.6. The molecule has 3 heteroatoms. The van der Waals surface area contributed by atoms with Crippen molar-refractivity contribution in [3.63, 3.8) is 0 Å². The molecule has 0 heterocycles. The Morgan fingerprint density at radius 1 is 1.28 bits per heavy atom. The molecule has 18 heavy (non-hydrogen) atoms. The van der Waals surface area contributed by atoms with Crippen LogP contribution in [0, 0.1) is 6.92 Å². The van der Waals surface area contributed by atoms with Gasteiger partial charge in [0.15, 0.2) is 0 Å². The van der Waals surface area contributed by atoms with E-state index >= 15 is 0 Å². The number of amides is 1.